The monoisotopic (exact) mass is 152 g/mol. The Morgan fingerprint density at radius 1 is 1.33 bits per heavy atom. The van der Waals surface area contributed by atoms with Crippen molar-refractivity contribution in [3.8, 4) is 0 Å². The van der Waals surface area contributed by atoms with Crippen LogP contribution in [0.25, 0.3) is 0 Å². The molecule has 0 saturated heterocycles. The van der Waals surface area contributed by atoms with Gasteiger partial charge in [0.25, 0.3) is 0 Å². The van der Waals surface area contributed by atoms with Crippen molar-refractivity contribution < 1.29 is 9.33 Å². The first-order valence-electron chi connectivity index (χ1n) is 3.15. The molecule has 56 valence electrons. The van der Waals surface area contributed by atoms with E-state index in [9.17, 15) is 0 Å². The van der Waals surface area contributed by atoms with Gasteiger partial charge in [-0.2, -0.15) is 0 Å². The van der Waals surface area contributed by atoms with Crippen molar-refractivity contribution in [1.29, 1.82) is 0 Å². The molecule has 0 atom stereocenters. The van der Waals surface area contributed by atoms with Gasteiger partial charge in [0.05, 0.1) is 11.9 Å². The summed E-state index contributed by atoms with van der Waals surface area (Å²) in [5.41, 5.74) is -0.220. The maximum Gasteiger partial charge on any atom is 0.102 e. The van der Waals surface area contributed by atoms with E-state index in [1.54, 1.807) is 0 Å². The zero-order chi connectivity index (χ0) is 7.33. The third-order valence-electron chi connectivity index (χ3n) is 1.73. The van der Waals surface area contributed by atoms with Gasteiger partial charge in [0.2, 0.25) is 0 Å². The largest absolute Gasteiger partial charge is 0.212 e. The van der Waals surface area contributed by atoms with Gasteiger partial charge in [-0.05, 0) is 19.8 Å². The molecule has 0 aliphatic carbocycles. The fourth-order valence-corrected chi connectivity index (χ4v) is 0.596. The molecule has 0 unspecified atom stereocenters. The van der Waals surface area contributed by atoms with Gasteiger partial charge >= 0.3 is 0 Å². The average Bonchev–Trinajstić information content (AvgIpc) is 1.89. The van der Waals surface area contributed by atoms with E-state index in [1.165, 1.54) is 0 Å². The van der Waals surface area contributed by atoms with E-state index in [1.807, 2.05) is 20.8 Å². The maximum atomic E-state index is 4.92. The summed E-state index contributed by atoms with van der Waals surface area (Å²) in [6.45, 7) is 6.01. The first-order chi connectivity index (χ1) is 4.18. The van der Waals surface area contributed by atoms with Gasteiger partial charge in [0.15, 0.2) is 0 Å². The molecule has 0 saturated carbocycles. The van der Waals surface area contributed by atoms with Crippen molar-refractivity contribution in [3.05, 3.63) is 0 Å². The fraction of sp³-hybridized carbons (Fsp3) is 1.00. The van der Waals surface area contributed by atoms with Gasteiger partial charge in [-0.25, -0.2) is 4.89 Å². The van der Waals surface area contributed by atoms with Crippen molar-refractivity contribution in [2.24, 2.45) is 0 Å². The second kappa shape index (κ2) is 4.09. The third kappa shape index (κ3) is 3.04. The summed E-state index contributed by atoms with van der Waals surface area (Å²) in [5, 5.41) is 0. The topological polar surface area (TPSA) is 18.5 Å². The number of halogens is 1. The van der Waals surface area contributed by atoms with E-state index in [2.05, 4.69) is 4.44 Å². The van der Waals surface area contributed by atoms with Crippen LogP contribution in [0.2, 0.25) is 0 Å². The van der Waals surface area contributed by atoms with Crippen LogP contribution in [0.4, 0.5) is 0 Å². The summed E-state index contributed by atoms with van der Waals surface area (Å²) in [6, 6.07) is 0. The Morgan fingerprint density at radius 2 is 1.78 bits per heavy atom. The first kappa shape index (κ1) is 9.21. The first-order valence-corrected chi connectivity index (χ1v) is 3.46. The van der Waals surface area contributed by atoms with Crippen molar-refractivity contribution in [3.63, 3.8) is 0 Å². The normalized spacial score (nSPS) is 12.0. The molecule has 0 aromatic carbocycles. The molecule has 0 aromatic heterocycles. The maximum absolute atomic E-state index is 4.92. The Hall–Kier alpha value is 0.210. The highest BCUT2D eigenvalue weighted by molar-refractivity contribution is 6.06. The van der Waals surface area contributed by atoms with E-state index in [4.69, 9.17) is 16.8 Å². The molecule has 0 spiro atoms. The number of rotatable bonds is 4. The minimum absolute atomic E-state index is 0.220. The van der Waals surface area contributed by atoms with Crippen LogP contribution >= 0.6 is 11.9 Å². The zero-order valence-electron chi connectivity index (χ0n) is 6.11. The molecular weight excluding hydrogens is 140 g/mol. The van der Waals surface area contributed by atoms with Gasteiger partial charge in [0.1, 0.15) is 5.60 Å². The predicted octanol–water partition coefficient (Wildman–Crippen LogP) is 2.67. The molecule has 3 heteroatoms. The molecule has 0 rings (SSSR count). The molecule has 0 bridgehead atoms. The molecule has 0 aromatic rings. The molecule has 2 nitrogen and oxygen atoms in total. The quantitative estimate of drug-likeness (QED) is 0.456. The molecule has 0 aliphatic rings. The van der Waals surface area contributed by atoms with Crippen molar-refractivity contribution in [2.75, 3.05) is 0 Å². The van der Waals surface area contributed by atoms with E-state index < -0.39 is 0 Å². The summed E-state index contributed by atoms with van der Waals surface area (Å²) in [5.74, 6) is 0. The van der Waals surface area contributed by atoms with Gasteiger partial charge < -0.3 is 0 Å². The lowest BCUT2D eigenvalue weighted by molar-refractivity contribution is -0.286. The highest BCUT2D eigenvalue weighted by Gasteiger charge is 2.21. The van der Waals surface area contributed by atoms with Gasteiger partial charge in [-0.15, -0.1) is 4.44 Å². The van der Waals surface area contributed by atoms with Crippen LogP contribution in [0.5, 0.6) is 0 Å². The molecule has 0 aliphatic heterocycles. The van der Waals surface area contributed by atoms with E-state index in [-0.39, 0.29) is 5.60 Å². The summed E-state index contributed by atoms with van der Waals surface area (Å²) in [6.07, 6.45) is 1.80. The minimum Gasteiger partial charge on any atom is -0.212 e. The van der Waals surface area contributed by atoms with E-state index >= 15 is 0 Å². The van der Waals surface area contributed by atoms with Crippen LogP contribution in [0.3, 0.4) is 0 Å². The predicted molar refractivity (Wildman–Crippen MR) is 37.0 cm³/mol. The lowest BCUT2D eigenvalue weighted by Crippen LogP contribution is -2.25. The Labute approximate surface area is 61.2 Å². The molecule has 9 heavy (non-hydrogen) atoms. The molecule has 0 heterocycles. The van der Waals surface area contributed by atoms with Crippen LogP contribution < -0.4 is 0 Å². The van der Waals surface area contributed by atoms with Gasteiger partial charge in [-0.1, -0.05) is 13.8 Å². The van der Waals surface area contributed by atoms with Gasteiger partial charge in [-0.3, -0.25) is 0 Å². The second-order valence-electron chi connectivity index (χ2n) is 2.30. The van der Waals surface area contributed by atoms with Crippen LogP contribution in [0.1, 0.15) is 33.6 Å². The van der Waals surface area contributed by atoms with Crippen LogP contribution in [0, 0.1) is 0 Å². The standard InChI is InChI=1S/C6H13ClO2/c1-4-6(3,5-2)8-9-7/h4-5H2,1-3H3. The average molecular weight is 153 g/mol. The Balaban J connectivity index is 3.62. The molecule has 0 N–H and O–H groups in total. The molecule has 0 amide bonds. The smallest absolute Gasteiger partial charge is 0.102 e. The number of hydrogen-bond donors (Lipinski definition) is 0. The summed E-state index contributed by atoms with van der Waals surface area (Å²) >= 11 is 4.92. The summed E-state index contributed by atoms with van der Waals surface area (Å²) in [4.78, 5) is 4.79. The minimum atomic E-state index is -0.220. The summed E-state index contributed by atoms with van der Waals surface area (Å²) < 4.78 is 4.06. The van der Waals surface area contributed by atoms with Crippen molar-refractivity contribution in [2.45, 2.75) is 39.2 Å². The highest BCUT2D eigenvalue weighted by atomic mass is 35.5. The highest BCUT2D eigenvalue weighted by Crippen LogP contribution is 2.19. The number of hydrogen-bond acceptors (Lipinski definition) is 2. The molecular formula is C6H13ClO2. The van der Waals surface area contributed by atoms with E-state index in [0.29, 0.717) is 0 Å². The third-order valence-corrected chi connectivity index (χ3v) is 1.79. The SMILES string of the molecule is CCC(C)(CC)OOCl. The van der Waals surface area contributed by atoms with Crippen molar-refractivity contribution >= 4 is 11.9 Å². The lowest BCUT2D eigenvalue weighted by atomic mass is 10.0. The zero-order valence-corrected chi connectivity index (χ0v) is 6.86. The van der Waals surface area contributed by atoms with Crippen LogP contribution in [0.15, 0.2) is 0 Å². The lowest BCUT2D eigenvalue weighted by Gasteiger charge is -2.22. The van der Waals surface area contributed by atoms with Crippen molar-refractivity contribution in [1.82, 2.24) is 0 Å². The Bertz CT molecular complexity index is 71.5. The van der Waals surface area contributed by atoms with Crippen LogP contribution in [-0.2, 0) is 9.33 Å². The fourth-order valence-electron chi connectivity index (χ4n) is 0.444. The van der Waals surface area contributed by atoms with E-state index in [0.717, 1.165) is 12.8 Å². The molecule has 0 fully saturated rings. The molecule has 0 radical (unpaired) electrons. The van der Waals surface area contributed by atoms with Crippen LogP contribution in [-0.4, -0.2) is 5.60 Å². The Morgan fingerprint density at radius 3 is 1.89 bits per heavy atom. The summed E-state index contributed by atoms with van der Waals surface area (Å²) in [7, 11) is 0. The van der Waals surface area contributed by atoms with Gasteiger partial charge in [0, 0.05) is 0 Å². The Kier molecular flexibility index (Phi) is 4.19. The second-order valence-corrected chi connectivity index (χ2v) is 2.43.